The molecule has 0 amide bonds. The van der Waals surface area contributed by atoms with Gasteiger partial charge in [-0.1, -0.05) is 28.9 Å². The number of hydrogen-bond donors (Lipinski definition) is 3. The van der Waals surface area contributed by atoms with Crippen LogP contribution in [-0.2, 0) is 6.18 Å². The van der Waals surface area contributed by atoms with Gasteiger partial charge in [-0.25, -0.2) is 4.39 Å². The molecule has 0 unspecified atom stereocenters. The van der Waals surface area contributed by atoms with E-state index in [2.05, 4.69) is 5.16 Å². The number of hydrogen-bond acceptors (Lipinski definition) is 3. The summed E-state index contributed by atoms with van der Waals surface area (Å²) in [6, 6.07) is 10.4. The predicted molar refractivity (Wildman–Crippen MR) is 101 cm³/mol. The Labute approximate surface area is 167 Å². The van der Waals surface area contributed by atoms with Gasteiger partial charge in [-0.2, -0.15) is 13.2 Å². The molecule has 3 aromatic carbocycles. The number of benzene rings is 3. The number of rotatable bonds is 3. The van der Waals surface area contributed by atoms with Crippen molar-refractivity contribution in [2.45, 2.75) is 6.18 Å². The second-order valence-corrected chi connectivity index (χ2v) is 6.54. The van der Waals surface area contributed by atoms with Crippen LogP contribution in [-0.4, -0.2) is 16.1 Å². The lowest BCUT2D eigenvalue weighted by Crippen LogP contribution is -2.17. The van der Waals surface area contributed by atoms with Crippen LogP contribution in [0.2, 0.25) is 5.02 Å². The Morgan fingerprint density at radius 2 is 1.62 bits per heavy atom. The molecule has 3 rings (SSSR count). The minimum atomic E-state index is -4.75. The van der Waals surface area contributed by atoms with Gasteiger partial charge in [0.1, 0.15) is 11.6 Å². The van der Waals surface area contributed by atoms with Gasteiger partial charge in [-0.05, 0) is 53.6 Å². The van der Waals surface area contributed by atoms with Crippen LogP contribution in [0.5, 0.6) is 5.75 Å². The molecule has 0 saturated carbocycles. The molecule has 0 bridgehead atoms. The molecule has 150 valence electrons. The van der Waals surface area contributed by atoms with Crippen LogP contribution in [0.3, 0.4) is 0 Å². The standard InChI is InChI=1S/C20H13ClF4N2O2/c21-12-3-6-17(22)15(9-12)18-14(10-1-4-13(28)5-2-10)7-11(20(23,24)25)8-16(18)19(26)27-29/h1-9,28-29H,(H2,26,27). The molecule has 4 nitrogen and oxygen atoms in total. The maximum atomic E-state index is 14.6. The summed E-state index contributed by atoms with van der Waals surface area (Å²) in [6.45, 7) is 0. The number of phenols is 1. The smallest absolute Gasteiger partial charge is 0.416 e. The minimum Gasteiger partial charge on any atom is -0.508 e. The van der Waals surface area contributed by atoms with Crippen LogP contribution in [0.25, 0.3) is 22.3 Å². The van der Waals surface area contributed by atoms with Crippen LogP contribution < -0.4 is 5.73 Å². The molecule has 0 aliphatic rings. The third kappa shape index (κ3) is 4.12. The van der Waals surface area contributed by atoms with Crippen molar-refractivity contribution in [3.05, 3.63) is 76.6 Å². The van der Waals surface area contributed by atoms with Gasteiger partial charge in [-0.15, -0.1) is 0 Å². The summed E-state index contributed by atoms with van der Waals surface area (Å²) < 4.78 is 55.1. The van der Waals surface area contributed by atoms with Gasteiger partial charge < -0.3 is 16.0 Å². The van der Waals surface area contributed by atoms with E-state index in [4.69, 9.17) is 22.5 Å². The Balaban J connectivity index is 2.49. The summed E-state index contributed by atoms with van der Waals surface area (Å²) in [5.41, 5.74) is 4.27. The number of oxime groups is 1. The van der Waals surface area contributed by atoms with Crippen LogP contribution >= 0.6 is 11.6 Å². The second kappa shape index (κ2) is 7.63. The van der Waals surface area contributed by atoms with E-state index in [1.54, 1.807) is 0 Å². The molecule has 0 aromatic heterocycles. The van der Waals surface area contributed by atoms with Gasteiger partial charge >= 0.3 is 6.18 Å². The predicted octanol–water partition coefficient (Wildman–Crippen LogP) is 5.63. The Hall–Kier alpha value is -3.26. The molecule has 3 aromatic rings. The zero-order valence-corrected chi connectivity index (χ0v) is 15.3. The van der Waals surface area contributed by atoms with Gasteiger partial charge in [0.25, 0.3) is 0 Å². The molecule has 0 heterocycles. The molecule has 0 saturated heterocycles. The largest absolute Gasteiger partial charge is 0.508 e. The molecule has 0 aliphatic carbocycles. The highest BCUT2D eigenvalue weighted by atomic mass is 35.5. The Kier molecular flexibility index (Phi) is 5.39. The summed E-state index contributed by atoms with van der Waals surface area (Å²) >= 11 is 5.96. The number of nitrogens with two attached hydrogens (primary N) is 1. The average Bonchev–Trinajstić information content (AvgIpc) is 2.68. The van der Waals surface area contributed by atoms with Gasteiger partial charge in [0.15, 0.2) is 5.84 Å². The van der Waals surface area contributed by atoms with Crippen LogP contribution in [0.4, 0.5) is 17.6 Å². The normalized spacial score (nSPS) is 12.2. The molecule has 0 spiro atoms. The van der Waals surface area contributed by atoms with Crippen molar-refractivity contribution in [1.29, 1.82) is 0 Å². The average molecular weight is 425 g/mol. The van der Waals surface area contributed by atoms with Crippen molar-refractivity contribution in [2.75, 3.05) is 0 Å². The second-order valence-electron chi connectivity index (χ2n) is 6.10. The summed E-state index contributed by atoms with van der Waals surface area (Å²) in [5, 5.41) is 21.6. The quantitative estimate of drug-likeness (QED) is 0.167. The first-order valence-corrected chi connectivity index (χ1v) is 8.47. The van der Waals surface area contributed by atoms with Crippen molar-refractivity contribution in [3.63, 3.8) is 0 Å². The summed E-state index contributed by atoms with van der Waals surface area (Å²) in [4.78, 5) is 0. The highest BCUT2D eigenvalue weighted by Crippen LogP contribution is 2.42. The van der Waals surface area contributed by atoms with Crippen molar-refractivity contribution < 1.29 is 27.9 Å². The van der Waals surface area contributed by atoms with Crippen molar-refractivity contribution >= 4 is 17.4 Å². The Bertz CT molecular complexity index is 1100. The first-order valence-electron chi connectivity index (χ1n) is 8.09. The fraction of sp³-hybridized carbons (Fsp3) is 0.0500. The first-order chi connectivity index (χ1) is 13.6. The van der Waals surface area contributed by atoms with E-state index in [1.165, 1.54) is 36.4 Å². The van der Waals surface area contributed by atoms with E-state index in [9.17, 15) is 22.7 Å². The lowest BCUT2D eigenvalue weighted by Gasteiger charge is -2.19. The van der Waals surface area contributed by atoms with Gasteiger partial charge in [0.05, 0.1) is 5.56 Å². The molecule has 29 heavy (non-hydrogen) atoms. The third-order valence-electron chi connectivity index (χ3n) is 4.23. The maximum Gasteiger partial charge on any atom is 0.416 e. The van der Waals surface area contributed by atoms with E-state index in [0.29, 0.717) is 6.07 Å². The van der Waals surface area contributed by atoms with Crippen molar-refractivity contribution in [2.24, 2.45) is 10.9 Å². The molecule has 4 N–H and O–H groups in total. The zero-order chi connectivity index (χ0) is 21.3. The number of alkyl halides is 3. The number of nitrogens with zero attached hydrogens (tertiary/aromatic N) is 1. The molecular weight excluding hydrogens is 412 g/mol. The summed E-state index contributed by atoms with van der Waals surface area (Å²) in [5.74, 6) is -1.50. The van der Waals surface area contributed by atoms with Crippen LogP contribution in [0.15, 0.2) is 59.8 Å². The molecule has 0 radical (unpaired) electrons. The van der Waals surface area contributed by atoms with E-state index in [0.717, 1.165) is 12.1 Å². The summed E-state index contributed by atoms with van der Waals surface area (Å²) in [7, 11) is 0. The zero-order valence-electron chi connectivity index (χ0n) is 14.5. The molecule has 0 aliphatic heterocycles. The maximum absolute atomic E-state index is 14.6. The van der Waals surface area contributed by atoms with Gasteiger partial charge in [0, 0.05) is 21.7 Å². The SMILES string of the molecule is NC(=NO)c1cc(C(F)(F)F)cc(-c2ccc(O)cc2)c1-c1cc(Cl)ccc1F. The van der Waals surface area contributed by atoms with Crippen molar-refractivity contribution in [3.8, 4) is 28.0 Å². The van der Waals surface area contributed by atoms with Crippen LogP contribution in [0, 0.1) is 5.82 Å². The first kappa shape index (κ1) is 20.5. The number of phenolic OH excluding ortho intramolecular Hbond substituents is 1. The topological polar surface area (TPSA) is 78.8 Å². The van der Waals surface area contributed by atoms with Gasteiger partial charge in [0.2, 0.25) is 0 Å². The van der Waals surface area contributed by atoms with E-state index in [-0.39, 0.29) is 38.6 Å². The monoisotopic (exact) mass is 424 g/mol. The van der Waals surface area contributed by atoms with Crippen LogP contribution in [0.1, 0.15) is 11.1 Å². The van der Waals surface area contributed by atoms with Crippen molar-refractivity contribution in [1.82, 2.24) is 0 Å². The lowest BCUT2D eigenvalue weighted by atomic mass is 9.87. The Morgan fingerprint density at radius 3 is 2.21 bits per heavy atom. The van der Waals surface area contributed by atoms with E-state index < -0.39 is 23.4 Å². The number of amidine groups is 1. The van der Waals surface area contributed by atoms with E-state index in [1.807, 2.05) is 0 Å². The highest BCUT2D eigenvalue weighted by Gasteiger charge is 2.33. The molecule has 9 heteroatoms. The van der Waals surface area contributed by atoms with E-state index >= 15 is 0 Å². The van der Waals surface area contributed by atoms with Gasteiger partial charge in [-0.3, -0.25) is 0 Å². The molecule has 0 atom stereocenters. The number of halogens is 5. The fourth-order valence-electron chi connectivity index (χ4n) is 2.91. The fourth-order valence-corrected chi connectivity index (χ4v) is 3.08. The number of aromatic hydroxyl groups is 1. The minimum absolute atomic E-state index is 0.0393. The molecular formula is C20H13ClF4N2O2. The lowest BCUT2D eigenvalue weighted by molar-refractivity contribution is -0.137. The highest BCUT2D eigenvalue weighted by molar-refractivity contribution is 6.31. The third-order valence-corrected chi connectivity index (χ3v) is 4.46. The Morgan fingerprint density at radius 1 is 0.966 bits per heavy atom. The summed E-state index contributed by atoms with van der Waals surface area (Å²) in [6.07, 6.45) is -4.75. The molecule has 0 fully saturated rings.